The number of rotatable bonds is 5. The van der Waals surface area contributed by atoms with Crippen LogP contribution in [0.3, 0.4) is 0 Å². The molecular weight excluding hydrogens is 220 g/mol. The summed E-state index contributed by atoms with van der Waals surface area (Å²) >= 11 is 5.86. The molecule has 1 aromatic rings. The first-order chi connectivity index (χ1) is 7.56. The molecule has 2 atom stereocenters. The Hall–Kier alpha value is -0.600. The molecule has 1 N–H and O–H groups in total. The number of nitrogens with zero attached hydrogens (tertiary/aromatic N) is 1. The van der Waals surface area contributed by atoms with E-state index in [9.17, 15) is 0 Å². The number of halogens is 1. The lowest BCUT2D eigenvalue weighted by Gasteiger charge is -2.27. The fraction of sp³-hybridized carbons (Fsp3) is 0.615. The van der Waals surface area contributed by atoms with Crippen molar-refractivity contribution in [2.24, 2.45) is 5.92 Å². The van der Waals surface area contributed by atoms with Crippen LogP contribution in [0.15, 0.2) is 18.3 Å². The van der Waals surface area contributed by atoms with E-state index in [2.05, 4.69) is 38.0 Å². The fourth-order valence-electron chi connectivity index (χ4n) is 2.21. The lowest BCUT2D eigenvalue weighted by atomic mass is 9.86. The number of nitrogens with one attached hydrogen (secondary N) is 1. The van der Waals surface area contributed by atoms with Crippen molar-refractivity contribution in [3.63, 3.8) is 0 Å². The van der Waals surface area contributed by atoms with E-state index in [-0.39, 0.29) is 0 Å². The Morgan fingerprint density at radius 1 is 1.31 bits per heavy atom. The molecule has 1 aromatic heterocycles. The van der Waals surface area contributed by atoms with Crippen LogP contribution in [0.1, 0.15) is 39.3 Å². The molecule has 16 heavy (non-hydrogen) atoms. The average Bonchev–Trinajstić information content (AvgIpc) is 2.21. The van der Waals surface area contributed by atoms with Crippen molar-refractivity contribution in [3.05, 3.63) is 29.0 Å². The molecule has 1 heterocycles. The summed E-state index contributed by atoms with van der Waals surface area (Å²) < 4.78 is 0. The van der Waals surface area contributed by atoms with E-state index in [4.69, 9.17) is 11.6 Å². The van der Waals surface area contributed by atoms with Gasteiger partial charge in [0.25, 0.3) is 0 Å². The summed E-state index contributed by atoms with van der Waals surface area (Å²) in [4.78, 5) is 4.43. The molecule has 2 unspecified atom stereocenters. The summed E-state index contributed by atoms with van der Waals surface area (Å²) in [6.45, 7) is 9.79. The fourth-order valence-corrected chi connectivity index (χ4v) is 2.32. The van der Waals surface area contributed by atoms with E-state index in [0.29, 0.717) is 22.9 Å². The van der Waals surface area contributed by atoms with E-state index in [1.165, 1.54) is 0 Å². The Balaban J connectivity index is 2.89. The highest BCUT2D eigenvalue weighted by Gasteiger charge is 2.23. The van der Waals surface area contributed by atoms with Gasteiger partial charge in [-0.15, -0.1) is 0 Å². The van der Waals surface area contributed by atoms with Gasteiger partial charge in [0.1, 0.15) is 0 Å². The third-order valence-corrected chi connectivity index (χ3v) is 3.10. The Morgan fingerprint density at radius 2 is 2.00 bits per heavy atom. The van der Waals surface area contributed by atoms with Crippen LogP contribution in [-0.2, 0) is 0 Å². The van der Waals surface area contributed by atoms with Crippen LogP contribution in [0.25, 0.3) is 0 Å². The van der Waals surface area contributed by atoms with Gasteiger partial charge in [0.05, 0.1) is 5.02 Å². The van der Waals surface area contributed by atoms with Crippen LogP contribution in [-0.4, -0.2) is 17.6 Å². The topological polar surface area (TPSA) is 24.9 Å². The standard InChI is InChI=1S/C13H21ClN2/c1-5-15-10(4)13(9(2)3)12-7-6-11(14)8-16-12/h6-10,13,15H,5H2,1-4H3. The maximum Gasteiger partial charge on any atom is 0.0589 e. The molecule has 0 amide bonds. The molecule has 2 nitrogen and oxygen atoms in total. The first-order valence-corrected chi connectivity index (χ1v) is 6.28. The van der Waals surface area contributed by atoms with Gasteiger partial charge >= 0.3 is 0 Å². The minimum Gasteiger partial charge on any atom is -0.314 e. The quantitative estimate of drug-likeness (QED) is 0.853. The molecule has 0 bridgehead atoms. The Bertz CT molecular complexity index is 308. The minimum atomic E-state index is 0.428. The molecule has 0 aliphatic rings. The highest BCUT2D eigenvalue weighted by molar-refractivity contribution is 6.30. The lowest BCUT2D eigenvalue weighted by Crippen LogP contribution is -2.34. The van der Waals surface area contributed by atoms with Crippen LogP contribution in [0.2, 0.25) is 5.02 Å². The maximum atomic E-state index is 5.86. The van der Waals surface area contributed by atoms with Gasteiger partial charge in [0.2, 0.25) is 0 Å². The molecular formula is C13H21ClN2. The van der Waals surface area contributed by atoms with Crippen molar-refractivity contribution in [2.45, 2.75) is 39.7 Å². The third kappa shape index (κ3) is 3.46. The second kappa shape index (κ2) is 6.21. The van der Waals surface area contributed by atoms with E-state index < -0.39 is 0 Å². The lowest BCUT2D eigenvalue weighted by molar-refractivity contribution is 0.376. The van der Waals surface area contributed by atoms with Crippen LogP contribution in [0.4, 0.5) is 0 Å². The van der Waals surface area contributed by atoms with Crippen molar-refractivity contribution in [3.8, 4) is 0 Å². The van der Waals surface area contributed by atoms with Gasteiger partial charge < -0.3 is 5.32 Å². The number of hydrogen-bond donors (Lipinski definition) is 1. The Kier molecular flexibility index (Phi) is 5.23. The van der Waals surface area contributed by atoms with Gasteiger partial charge in [-0.3, -0.25) is 4.98 Å². The molecule has 0 aliphatic heterocycles. The highest BCUT2D eigenvalue weighted by Crippen LogP contribution is 2.27. The summed E-state index contributed by atoms with van der Waals surface area (Å²) in [7, 11) is 0. The van der Waals surface area contributed by atoms with Crippen molar-refractivity contribution in [2.75, 3.05) is 6.54 Å². The van der Waals surface area contributed by atoms with Crippen molar-refractivity contribution in [1.82, 2.24) is 10.3 Å². The molecule has 0 aromatic carbocycles. The summed E-state index contributed by atoms with van der Waals surface area (Å²) in [5.74, 6) is 0.986. The summed E-state index contributed by atoms with van der Waals surface area (Å²) in [5.41, 5.74) is 1.12. The molecule has 0 radical (unpaired) electrons. The van der Waals surface area contributed by atoms with Crippen molar-refractivity contribution in [1.29, 1.82) is 0 Å². The Morgan fingerprint density at radius 3 is 2.44 bits per heavy atom. The van der Waals surface area contributed by atoms with Gasteiger partial charge in [0.15, 0.2) is 0 Å². The second-order valence-electron chi connectivity index (χ2n) is 4.52. The SMILES string of the molecule is CCNC(C)C(c1ccc(Cl)cn1)C(C)C. The molecule has 0 fully saturated rings. The van der Waals surface area contributed by atoms with Crippen molar-refractivity contribution >= 4 is 11.6 Å². The molecule has 0 aliphatic carbocycles. The van der Waals surface area contributed by atoms with Gasteiger partial charge in [0, 0.05) is 23.9 Å². The highest BCUT2D eigenvalue weighted by atomic mass is 35.5. The van der Waals surface area contributed by atoms with E-state index >= 15 is 0 Å². The number of likely N-dealkylation sites (N-methyl/N-ethyl adjacent to an activating group) is 1. The summed E-state index contributed by atoms with van der Waals surface area (Å²) in [6, 6.07) is 4.37. The number of pyridine rings is 1. The Labute approximate surface area is 103 Å². The zero-order valence-corrected chi connectivity index (χ0v) is 11.3. The molecule has 1 rings (SSSR count). The summed E-state index contributed by atoms with van der Waals surface area (Å²) in [5, 5.41) is 4.16. The normalized spacial score (nSPS) is 15.1. The number of hydrogen-bond acceptors (Lipinski definition) is 2. The monoisotopic (exact) mass is 240 g/mol. The molecule has 0 saturated carbocycles. The second-order valence-corrected chi connectivity index (χ2v) is 4.95. The van der Waals surface area contributed by atoms with E-state index in [0.717, 1.165) is 12.2 Å². The minimum absolute atomic E-state index is 0.428. The average molecular weight is 241 g/mol. The molecule has 90 valence electrons. The first-order valence-electron chi connectivity index (χ1n) is 5.91. The van der Waals surface area contributed by atoms with Gasteiger partial charge in [-0.1, -0.05) is 32.4 Å². The third-order valence-electron chi connectivity index (χ3n) is 2.87. The zero-order chi connectivity index (χ0) is 12.1. The number of aromatic nitrogens is 1. The molecule has 3 heteroatoms. The van der Waals surface area contributed by atoms with Crippen molar-refractivity contribution < 1.29 is 0 Å². The van der Waals surface area contributed by atoms with Crippen LogP contribution in [0.5, 0.6) is 0 Å². The predicted molar refractivity (Wildman–Crippen MR) is 70.0 cm³/mol. The molecule has 0 spiro atoms. The first kappa shape index (κ1) is 13.5. The van der Waals surface area contributed by atoms with Gasteiger partial charge in [-0.2, -0.15) is 0 Å². The van der Waals surface area contributed by atoms with Crippen LogP contribution < -0.4 is 5.32 Å². The predicted octanol–water partition coefficient (Wildman–Crippen LogP) is 3.47. The van der Waals surface area contributed by atoms with Crippen LogP contribution in [0, 0.1) is 5.92 Å². The maximum absolute atomic E-state index is 5.86. The molecule has 0 saturated heterocycles. The summed E-state index contributed by atoms with van der Waals surface area (Å²) in [6.07, 6.45) is 1.73. The van der Waals surface area contributed by atoms with Gasteiger partial charge in [-0.05, 0) is 31.5 Å². The zero-order valence-electron chi connectivity index (χ0n) is 10.5. The van der Waals surface area contributed by atoms with Crippen LogP contribution >= 0.6 is 11.6 Å². The largest absolute Gasteiger partial charge is 0.314 e. The van der Waals surface area contributed by atoms with E-state index in [1.54, 1.807) is 6.20 Å². The smallest absolute Gasteiger partial charge is 0.0589 e. The van der Waals surface area contributed by atoms with E-state index in [1.807, 2.05) is 12.1 Å². The van der Waals surface area contributed by atoms with Gasteiger partial charge in [-0.25, -0.2) is 0 Å².